The van der Waals surface area contributed by atoms with Crippen LogP contribution in [0.4, 0.5) is 0 Å². The number of carbonyl (C=O) groups excluding carboxylic acids is 1. The molecule has 4 nitrogen and oxygen atoms in total. The SMILES string of the molecule is CCC(C(C)=O)c1cnc(C#N)c(Cl)c1.CCOc1ccccc1. The first-order chi connectivity index (χ1) is 11.5. The summed E-state index contributed by atoms with van der Waals surface area (Å²) in [5.41, 5.74) is 0.966. The van der Waals surface area contributed by atoms with E-state index in [0.29, 0.717) is 11.4 Å². The number of rotatable bonds is 5. The van der Waals surface area contributed by atoms with E-state index < -0.39 is 0 Å². The molecular weight excluding hydrogens is 324 g/mol. The van der Waals surface area contributed by atoms with E-state index in [1.807, 2.05) is 50.2 Å². The summed E-state index contributed by atoms with van der Waals surface area (Å²) in [6, 6.07) is 13.3. The number of benzene rings is 1. The number of ether oxygens (including phenoxy) is 1. The summed E-state index contributed by atoms with van der Waals surface area (Å²) < 4.78 is 5.21. The van der Waals surface area contributed by atoms with Crippen molar-refractivity contribution in [1.82, 2.24) is 4.98 Å². The normalized spacial score (nSPS) is 10.8. The summed E-state index contributed by atoms with van der Waals surface area (Å²) in [4.78, 5) is 15.2. The Labute approximate surface area is 148 Å². The number of halogens is 1. The van der Waals surface area contributed by atoms with Crippen LogP contribution in [0.1, 0.15) is 44.4 Å². The van der Waals surface area contributed by atoms with E-state index in [1.165, 1.54) is 0 Å². The molecule has 0 amide bonds. The molecule has 1 aromatic heterocycles. The smallest absolute Gasteiger partial charge is 0.159 e. The molecule has 0 aliphatic heterocycles. The van der Waals surface area contributed by atoms with Gasteiger partial charge >= 0.3 is 0 Å². The van der Waals surface area contributed by atoms with Crippen LogP contribution in [-0.4, -0.2) is 17.4 Å². The molecule has 0 radical (unpaired) electrons. The number of aromatic nitrogens is 1. The van der Waals surface area contributed by atoms with Crippen LogP contribution in [0.5, 0.6) is 5.75 Å². The minimum absolute atomic E-state index is 0.0834. The number of nitrogens with zero attached hydrogens (tertiary/aromatic N) is 2. The lowest BCUT2D eigenvalue weighted by Gasteiger charge is -2.11. The van der Waals surface area contributed by atoms with Crippen LogP contribution in [-0.2, 0) is 4.79 Å². The van der Waals surface area contributed by atoms with Gasteiger partial charge in [0.15, 0.2) is 5.69 Å². The number of carbonyl (C=O) groups is 1. The Morgan fingerprint density at radius 1 is 1.33 bits per heavy atom. The number of hydrogen-bond acceptors (Lipinski definition) is 4. The van der Waals surface area contributed by atoms with E-state index in [4.69, 9.17) is 21.6 Å². The van der Waals surface area contributed by atoms with Gasteiger partial charge in [-0.15, -0.1) is 0 Å². The summed E-state index contributed by atoms with van der Waals surface area (Å²) in [5, 5.41) is 8.95. The van der Waals surface area contributed by atoms with E-state index in [1.54, 1.807) is 19.2 Å². The van der Waals surface area contributed by atoms with Gasteiger partial charge in [0.25, 0.3) is 0 Å². The van der Waals surface area contributed by atoms with Gasteiger partial charge in [0.1, 0.15) is 17.6 Å². The van der Waals surface area contributed by atoms with Crippen molar-refractivity contribution >= 4 is 17.4 Å². The van der Waals surface area contributed by atoms with Gasteiger partial charge in [-0.3, -0.25) is 4.79 Å². The largest absolute Gasteiger partial charge is 0.494 e. The van der Waals surface area contributed by atoms with Gasteiger partial charge in [-0.25, -0.2) is 4.98 Å². The zero-order valence-electron chi connectivity index (χ0n) is 14.1. The zero-order valence-corrected chi connectivity index (χ0v) is 14.9. The highest BCUT2D eigenvalue weighted by Crippen LogP contribution is 2.24. The standard InChI is InChI=1S/C11H11ClN2O.C8H10O/c1-3-9(7(2)15)8-4-10(12)11(5-13)14-6-8;1-2-9-8-6-4-3-5-7-8/h4,6,9H,3H2,1-2H3;3-7H,2H2,1H3. The Bertz CT molecular complexity index is 696. The predicted molar refractivity (Wildman–Crippen MR) is 95.3 cm³/mol. The van der Waals surface area contributed by atoms with Gasteiger partial charge in [-0.05, 0) is 44.0 Å². The van der Waals surface area contributed by atoms with Crippen molar-refractivity contribution in [1.29, 1.82) is 5.26 Å². The molecule has 1 heterocycles. The molecule has 0 bridgehead atoms. The summed E-state index contributed by atoms with van der Waals surface area (Å²) in [7, 11) is 0. The van der Waals surface area contributed by atoms with Gasteiger partial charge in [0, 0.05) is 12.1 Å². The molecule has 0 saturated carbocycles. The monoisotopic (exact) mass is 344 g/mol. The zero-order chi connectivity index (χ0) is 17.9. The van der Waals surface area contributed by atoms with E-state index >= 15 is 0 Å². The van der Waals surface area contributed by atoms with Crippen LogP contribution in [0.15, 0.2) is 42.6 Å². The van der Waals surface area contributed by atoms with Crippen molar-refractivity contribution in [2.45, 2.75) is 33.1 Å². The van der Waals surface area contributed by atoms with Crippen molar-refractivity contribution in [2.75, 3.05) is 6.61 Å². The first kappa shape index (κ1) is 19.7. The lowest BCUT2D eigenvalue weighted by Crippen LogP contribution is -2.08. The lowest BCUT2D eigenvalue weighted by molar-refractivity contribution is -0.118. The average Bonchev–Trinajstić information content (AvgIpc) is 2.57. The van der Waals surface area contributed by atoms with Crippen molar-refractivity contribution in [3.8, 4) is 11.8 Å². The van der Waals surface area contributed by atoms with Crippen molar-refractivity contribution in [3.63, 3.8) is 0 Å². The van der Waals surface area contributed by atoms with E-state index in [-0.39, 0.29) is 17.4 Å². The predicted octanol–water partition coefficient (Wildman–Crippen LogP) is 4.77. The fourth-order valence-electron chi connectivity index (χ4n) is 2.17. The maximum Gasteiger partial charge on any atom is 0.159 e. The highest BCUT2D eigenvalue weighted by atomic mass is 35.5. The molecule has 0 N–H and O–H groups in total. The number of hydrogen-bond donors (Lipinski definition) is 0. The quantitative estimate of drug-likeness (QED) is 0.783. The van der Waals surface area contributed by atoms with Crippen LogP contribution < -0.4 is 4.74 Å². The third-order valence-corrected chi connectivity index (χ3v) is 3.61. The van der Waals surface area contributed by atoms with E-state index in [2.05, 4.69) is 4.98 Å². The molecule has 0 fully saturated rings. The number of pyridine rings is 1. The second-order valence-electron chi connectivity index (χ2n) is 5.03. The molecule has 1 aromatic carbocycles. The van der Waals surface area contributed by atoms with Gasteiger partial charge in [0.2, 0.25) is 0 Å². The molecule has 5 heteroatoms. The molecule has 2 rings (SSSR count). The lowest BCUT2D eigenvalue weighted by atomic mass is 9.94. The topological polar surface area (TPSA) is 63.0 Å². The Hall–Kier alpha value is -2.38. The molecular formula is C19H21ClN2O2. The number of Topliss-reactive ketones (excluding diaryl/α,β-unsaturated/α-hetero) is 1. The fraction of sp³-hybridized carbons (Fsp3) is 0.316. The molecule has 0 aliphatic carbocycles. The molecule has 126 valence electrons. The number of ketones is 1. The van der Waals surface area contributed by atoms with E-state index in [9.17, 15) is 4.79 Å². The second kappa shape index (κ2) is 10.4. The average molecular weight is 345 g/mol. The van der Waals surface area contributed by atoms with Gasteiger partial charge in [-0.2, -0.15) is 5.26 Å². The van der Waals surface area contributed by atoms with Crippen molar-refractivity contribution in [3.05, 3.63) is 58.9 Å². The molecule has 1 atom stereocenters. The second-order valence-corrected chi connectivity index (χ2v) is 5.44. The highest BCUT2D eigenvalue weighted by molar-refractivity contribution is 6.31. The minimum atomic E-state index is -0.178. The first-order valence-electron chi connectivity index (χ1n) is 7.77. The Kier molecular flexibility index (Phi) is 8.53. The first-order valence-corrected chi connectivity index (χ1v) is 8.15. The van der Waals surface area contributed by atoms with Crippen molar-refractivity contribution < 1.29 is 9.53 Å². The van der Waals surface area contributed by atoms with Crippen LogP contribution in [0, 0.1) is 11.3 Å². The van der Waals surface area contributed by atoms with Crippen molar-refractivity contribution in [2.24, 2.45) is 0 Å². The number of para-hydroxylation sites is 1. The van der Waals surface area contributed by atoms with Gasteiger partial charge < -0.3 is 4.74 Å². The molecule has 24 heavy (non-hydrogen) atoms. The Morgan fingerprint density at radius 3 is 2.46 bits per heavy atom. The van der Waals surface area contributed by atoms with Crippen LogP contribution in [0.2, 0.25) is 5.02 Å². The summed E-state index contributed by atoms with van der Waals surface area (Å²) >= 11 is 5.84. The van der Waals surface area contributed by atoms with E-state index in [0.717, 1.165) is 17.9 Å². The minimum Gasteiger partial charge on any atom is -0.494 e. The third kappa shape index (κ3) is 6.02. The Morgan fingerprint density at radius 2 is 2.00 bits per heavy atom. The van der Waals surface area contributed by atoms with Gasteiger partial charge in [0.05, 0.1) is 11.6 Å². The summed E-state index contributed by atoms with van der Waals surface area (Å²) in [6.07, 6.45) is 2.25. The van der Waals surface area contributed by atoms with Gasteiger partial charge in [-0.1, -0.05) is 36.7 Å². The molecule has 2 aromatic rings. The maximum atomic E-state index is 11.3. The molecule has 1 unspecified atom stereocenters. The van der Waals surface area contributed by atoms with Crippen LogP contribution >= 0.6 is 11.6 Å². The van der Waals surface area contributed by atoms with Crippen LogP contribution in [0.25, 0.3) is 0 Å². The molecule has 0 spiro atoms. The van der Waals surface area contributed by atoms with Crippen LogP contribution in [0.3, 0.4) is 0 Å². The Balaban J connectivity index is 0.000000272. The summed E-state index contributed by atoms with van der Waals surface area (Å²) in [6.45, 7) is 6.19. The fourth-order valence-corrected chi connectivity index (χ4v) is 2.38. The molecule has 0 aliphatic rings. The third-order valence-electron chi connectivity index (χ3n) is 3.32. The summed E-state index contributed by atoms with van der Waals surface area (Å²) in [5.74, 6) is 0.850. The maximum absolute atomic E-state index is 11.3. The highest BCUT2D eigenvalue weighted by Gasteiger charge is 2.16. The molecule has 0 saturated heterocycles. The number of nitriles is 1.